The molecule has 0 unspecified atom stereocenters. The van der Waals surface area contributed by atoms with Crippen molar-refractivity contribution in [3.8, 4) is 0 Å². The molecule has 1 N–H and O–H groups in total. The monoisotopic (exact) mass is 422 g/mol. The maximum Gasteiger partial charge on any atom is 0.466 e. The topological polar surface area (TPSA) is 96.3 Å². The molecular formula is C19H19ClN2O5S. The number of benzene rings is 2. The molecule has 28 heavy (non-hydrogen) atoms. The van der Waals surface area contributed by atoms with E-state index < -0.39 is 10.4 Å². The highest BCUT2D eigenvalue weighted by Crippen LogP contribution is 2.33. The smallest absolute Gasteiger partial charge is 0.307 e. The summed E-state index contributed by atoms with van der Waals surface area (Å²) < 4.78 is 34.6. The molecule has 2 aromatic rings. The molecule has 1 aliphatic heterocycles. The van der Waals surface area contributed by atoms with Crippen LogP contribution in [-0.4, -0.2) is 31.1 Å². The predicted molar refractivity (Wildman–Crippen MR) is 107 cm³/mol. The van der Waals surface area contributed by atoms with Crippen LogP contribution in [0.3, 0.4) is 0 Å². The standard InChI is InChI=1S/C19H19ClN2O5S/c1-12(2)14-5-3-4-6-15(14)19(23)22-10-9-17(21-27-28(24,25)26)16-8-7-13(20)11-18(16)22/h3-8,11-12H,9-10H2,1-2H3,(H,24,25,26)/b21-17+. The van der Waals surface area contributed by atoms with Gasteiger partial charge in [-0.2, -0.15) is 8.42 Å². The van der Waals surface area contributed by atoms with Crippen LogP contribution >= 0.6 is 11.6 Å². The molecule has 1 amide bonds. The number of hydrogen-bond acceptors (Lipinski definition) is 5. The first kappa shape index (κ1) is 20.3. The van der Waals surface area contributed by atoms with Gasteiger partial charge in [-0.25, -0.2) is 4.28 Å². The van der Waals surface area contributed by atoms with Gasteiger partial charge in [0, 0.05) is 29.1 Å². The Hall–Kier alpha value is -2.42. The van der Waals surface area contributed by atoms with Crippen LogP contribution in [0.15, 0.2) is 47.6 Å². The lowest BCUT2D eigenvalue weighted by atomic mass is 9.94. The lowest BCUT2D eigenvalue weighted by Crippen LogP contribution is -2.38. The molecular weight excluding hydrogens is 404 g/mol. The molecule has 0 aromatic heterocycles. The summed E-state index contributed by atoms with van der Waals surface area (Å²) in [5.41, 5.74) is 2.84. The fraction of sp³-hybridized carbons (Fsp3) is 0.263. The molecule has 0 spiro atoms. The van der Waals surface area contributed by atoms with Crippen LogP contribution in [0.5, 0.6) is 0 Å². The van der Waals surface area contributed by atoms with Gasteiger partial charge in [-0.15, -0.1) is 0 Å². The van der Waals surface area contributed by atoms with Crippen molar-refractivity contribution in [1.82, 2.24) is 0 Å². The van der Waals surface area contributed by atoms with Gasteiger partial charge < -0.3 is 4.90 Å². The largest absolute Gasteiger partial charge is 0.466 e. The minimum atomic E-state index is -4.72. The van der Waals surface area contributed by atoms with Crippen LogP contribution < -0.4 is 4.90 Å². The molecule has 0 aliphatic carbocycles. The molecule has 3 rings (SSSR count). The Bertz CT molecular complexity index is 1050. The molecule has 0 bridgehead atoms. The average molecular weight is 423 g/mol. The summed E-state index contributed by atoms with van der Waals surface area (Å²) in [6.07, 6.45) is 0.250. The van der Waals surface area contributed by atoms with Gasteiger partial charge >= 0.3 is 10.4 Å². The number of anilines is 1. The second-order valence-corrected chi connectivity index (χ2v) is 8.09. The summed E-state index contributed by atoms with van der Waals surface area (Å²) in [4.78, 5) is 14.9. The molecule has 0 saturated heterocycles. The number of carbonyl (C=O) groups is 1. The van der Waals surface area contributed by atoms with Crippen LogP contribution in [-0.2, 0) is 14.7 Å². The first-order chi connectivity index (χ1) is 13.2. The molecule has 0 fully saturated rings. The molecule has 0 atom stereocenters. The van der Waals surface area contributed by atoms with Crippen LogP contribution in [0.4, 0.5) is 5.69 Å². The molecule has 1 heterocycles. The molecule has 2 aromatic carbocycles. The highest BCUT2D eigenvalue weighted by atomic mass is 35.5. The van der Waals surface area contributed by atoms with Crippen LogP contribution in [0, 0.1) is 0 Å². The van der Waals surface area contributed by atoms with E-state index in [9.17, 15) is 13.2 Å². The fourth-order valence-corrected chi connectivity index (χ4v) is 3.53. The van der Waals surface area contributed by atoms with Crippen molar-refractivity contribution in [3.05, 3.63) is 64.2 Å². The van der Waals surface area contributed by atoms with Gasteiger partial charge in [0.25, 0.3) is 5.91 Å². The highest BCUT2D eigenvalue weighted by Gasteiger charge is 2.29. The van der Waals surface area contributed by atoms with Crippen LogP contribution in [0.2, 0.25) is 5.02 Å². The van der Waals surface area contributed by atoms with Gasteiger partial charge in [0.15, 0.2) is 0 Å². The summed E-state index contributed by atoms with van der Waals surface area (Å²) in [5.74, 6) is -0.00776. The Morgan fingerprint density at radius 3 is 2.64 bits per heavy atom. The van der Waals surface area contributed by atoms with Crippen LogP contribution in [0.1, 0.15) is 47.7 Å². The van der Waals surface area contributed by atoms with Gasteiger partial charge in [-0.3, -0.25) is 9.35 Å². The molecule has 148 valence electrons. The molecule has 0 saturated carbocycles. The number of halogens is 1. The van der Waals surface area contributed by atoms with Gasteiger partial charge in [0.2, 0.25) is 0 Å². The Kier molecular flexibility index (Phi) is 5.74. The quantitative estimate of drug-likeness (QED) is 0.592. The van der Waals surface area contributed by atoms with E-state index in [0.29, 0.717) is 27.5 Å². The molecule has 1 aliphatic rings. The minimum absolute atomic E-state index is 0.170. The number of amides is 1. The van der Waals surface area contributed by atoms with E-state index in [1.54, 1.807) is 29.2 Å². The highest BCUT2D eigenvalue weighted by molar-refractivity contribution is 7.80. The number of hydrogen-bond donors (Lipinski definition) is 1. The summed E-state index contributed by atoms with van der Waals surface area (Å²) in [6, 6.07) is 12.3. The number of fused-ring (bicyclic) bond motifs is 1. The Balaban J connectivity index is 2.05. The maximum atomic E-state index is 13.3. The van der Waals surface area contributed by atoms with Crippen molar-refractivity contribution < 1.29 is 22.0 Å². The zero-order chi connectivity index (χ0) is 20.5. The molecule has 9 heteroatoms. The number of carbonyl (C=O) groups excluding carboxylic acids is 1. The Morgan fingerprint density at radius 2 is 1.96 bits per heavy atom. The van der Waals surface area contributed by atoms with E-state index >= 15 is 0 Å². The zero-order valence-electron chi connectivity index (χ0n) is 15.3. The molecule has 0 radical (unpaired) electrons. The summed E-state index contributed by atoms with van der Waals surface area (Å²) in [5, 5.41) is 3.96. The number of nitrogens with zero attached hydrogens (tertiary/aromatic N) is 2. The van der Waals surface area contributed by atoms with Crippen molar-refractivity contribution in [1.29, 1.82) is 0 Å². The van der Waals surface area contributed by atoms with E-state index in [4.69, 9.17) is 16.2 Å². The SMILES string of the molecule is CC(C)c1ccccc1C(=O)N1CC/C(=N\OS(=O)(=O)O)c2ccc(Cl)cc21. The van der Waals surface area contributed by atoms with E-state index in [1.165, 1.54) is 0 Å². The summed E-state index contributed by atoms with van der Waals surface area (Å²) in [7, 11) is -4.72. The van der Waals surface area contributed by atoms with Crippen molar-refractivity contribution in [3.63, 3.8) is 0 Å². The average Bonchev–Trinajstić information content (AvgIpc) is 2.64. The molecule has 7 nitrogen and oxygen atoms in total. The maximum absolute atomic E-state index is 13.3. The van der Waals surface area contributed by atoms with Gasteiger partial charge in [-0.1, -0.05) is 48.8 Å². The van der Waals surface area contributed by atoms with Crippen molar-refractivity contribution in [2.75, 3.05) is 11.4 Å². The second-order valence-electron chi connectivity index (χ2n) is 6.65. The Morgan fingerprint density at radius 1 is 1.25 bits per heavy atom. The van der Waals surface area contributed by atoms with Gasteiger partial charge in [0.1, 0.15) is 0 Å². The lowest BCUT2D eigenvalue weighted by molar-refractivity contribution is 0.0985. The van der Waals surface area contributed by atoms with Crippen molar-refractivity contribution in [2.24, 2.45) is 5.16 Å². The van der Waals surface area contributed by atoms with E-state index in [1.807, 2.05) is 32.0 Å². The van der Waals surface area contributed by atoms with Crippen molar-refractivity contribution in [2.45, 2.75) is 26.2 Å². The first-order valence-electron chi connectivity index (χ1n) is 8.61. The second kappa shape index (κ2) is 7.90. The normalized spacial score (nSPS) is 15.6. The van der Waals surface area contributed by atoms with Crippen molar-refractivity contribution >= 4 is 39.3 Å². The predicted octanol–water partition coefficient (Wildman–Crippen LogP) is 4.04. The third kappa shape index (κ3) is 4.35. The number of oxime groups is 1. The van der Waals surface area contributed by atoms with E-state index in [0.717, 1.165) is 5.56 Å². The van der Waals surface area contributed by atoms with Crippen LogP contribution in [0.25, 0.3) is 0 Å². The van der Waals surface area contributed by atoms with Gasteiger partial charge in [0.05, 0.1) is 11.4 Å². The fourth-order valence-electron chi connectivity index (χ4n) is 3.18. The Labute approximate surface area is 168 Å². The van der Waals surface area contributed by atoms with Gasteiger partial charge in [-0.05, 0) is 35.7 Å². The zero-order valence-corrected chi connectivity index (χ0v) is 16.9. The third-order valence-corrected chi connectivity index (χ3v) is 4.93. The van der Waals surface area contributed by atoms with E-state index in [-0.39, 0.29) is 24.8 Å². The third-order valence-electron chi connectivity index (χ3n) is 4.43. The summed E-state index contributed by atoms with van der Waals surface area (Å²) in [6.45, 7) is 4.29. The minimum Gasteiger partial charge on any atom is -0.307 e. The summed E-state index contributed by atoms with van der Waals surface area (Å²) >= 11 is 6.13. The number of rotatable bonds is 4. The lowest BCUT2D eigenvalue weighted by Gasteiger charge is -2.31. The van der Waals surface area contributed by atoms with E-state index in [2.05, 4.69) is 9.44 Å². The first-order valence-corrected chi connectivity index (χ1v) is 10.4.